The van der Waals surface area contributed by atoms with Crippen molar-refractivity contribution in [3.8, 4) is 11.5 Å². The van der Waals surface area contributed by atoms with Gasteiger partial charge in [-0.2, -0.15) is 0 Å². The van der Waals surface area contributed by atoms with Crippen molar-refractivity contribution in [3.63, 3.8) is 0 Å². The number of rotatable bonds is 10. The molecule has 0 aliphatic heterocycles. The van der Waals surface area contributed by atoms with Crippen molar-refractivity contribution < 1.29 is 37.4 Å². The number of esters is 1. The molecule has 9 nitrogen and oxygen atoms in total. The maximum absolute atomic E-state index is 12.0. The number of carboxylic acid groups (broad SMARTS) is 1. The fourth-order valence-electron chi connectivity index (χ4n) is 2.12. The first-order chi connectivity index (χ1) is 13.1. The summed E-state index contributed by atoms with van der Waals surface area (Å²) < 4.78 is 33.1. The summed E-state index contributed by atoms with van der Waals surface area (Å²) in [5.74, 6) is -2.45. The largest absolute Gasteiger partial charge is 0.493 e. The van der Waals surface area contributed by atoms with E-state index in [1.807, 2.05) is 0 Å². The molecular weight excluding hydrogens is 390 g/mol. The Bertz CT molecular complexity index is 860. The standard InChI is InChI=1S/C18H23NO8S/c1-4-28(24,25)10-9-14(18(22)23)19-17(21)8-6-13-5-7-15(27-12(2)20)16(11-13)26-3/h5-8,11,14H,4,9-10H2,1-3H3,(H,19,21)(H,22,23)/b8-6+. The third-order valence-corrected chi connectivity index (χ3v) is 5.38. The molecule has 0 fully saturated rings. The molecule has 28 heavy (non-hydrogen) atoms. The topological polar surface area (TPSA) is 136 Å². The van der Waals surface area contributed by atoms with Crippen LogP contribution in [0.5, 0.6) is 11.5 Å². The Kier molecular flexibility index (Phi) is 8.65. The monoisotopic (exact) mass is 413 g/mol. The van der Waals surface area contributed by atoms with E-state index in [4.69, 9.17) is 14.6 Å². The fourth-order valence-corrected chi connectivity index (χ4v) is 3.00. The lowest BCUT2D eigenvalue weighted by Gasteiger charge is -2.13. The van der Waals surface area contributed by atoms with Gasteiger partial charge >= 0.3 is 11.9 Å². The summed E-state index contributed by atoms with van der Waals surface area (Å²) >= 11 is 0. The van der Waals surface area contributed by atoms with Crippen LogP contribution >= 0.6 is 0 Å². The van der Waals surface area contributed by atoms with Crippen LogP contribution in [0.2, 0.25) is 0 Å². The Hall–Kier alpha value is -2.88. The molecule has 1 aromatic rings. The first-order valence-corrected chi connectivity index (χ1v) is 10.2. The summed E-state index contributed by atoms with van der Waals surface area (Å²) in [6, 6.07) is 3.28. The van der Waals surface area contributed by atoms with Crippen LogP contribution in [0.1, 0.15) is 25.8 Å². The van der Waals surface area contributed by atoms with Crippen molar-refractivity contribution in [2.75, 3.05) is 18.6 Å². The van der Waals surface area contributed by atoms with Gasteiger partial charge in [0.15, 0.2) is 11.5 Å². The molecule has 0 saturated carbocycles. The molecular formula is C18H23NO8S. The number of hydrogen-bond donors (Lipinski definition) is 2. The average Bonchev–Trinajstić information content (AvgIpc) is 2.63. The highest BCUT2D eigenvalue weighted by Crippen LogP contribution is 2.28. The van der Waals surface area contributed by atoms with Crippen molar-refractivity contribution >= 4 is 33.8 Å². The number of nitrogens with one attached hydrogen (secondary N) is 1. The Balaban J connectivity index is 2.80. The van der Waals surface area contributed by atoms with Gasteiger partial charge in [-0.15, -0.1) is 0 Å². The normalized spacial score (nSPS) is 12.4. The molecule has 0 radical (unpaired) electrons. The van der Waals surface area contributed by atoms with Gasteiger partial charge in [0.25, 0.3) is 0 Å². The second kappa shape index (κ2) is 10.5. The summed E-state index contributed by atoms with van der Waals surface area (Å²) in [6.45, 7) is 2.72. The smallest absolute Gasteiger partial charge is 0.326 e. The Morgan fingerprint density at radius 1 is 1.25 bits per heavy atom. The number of methoxy groups -OCH3 is 1. The van der Waals surface area contributed by atoms with E-state index in [0.29, 0.717) is 5.56 Å². The van der Waals surface area contributed by atoms with Crippen LogP contribution < -0.4 is 14.8 Å². The van der Waals surface area contributed by atoms with Crippen LogP contribution in [0.25, 0.3) is 6.08 Å². The zero-order valence-corrected chi connectivity index (χ0v) is 16.6. The van der Waals surface area contributed by atoms with Gasteiger partial charge in [0.2, 0.25) is 5.91 Å². The van der Waals surface area contributed by atoms with Crippen LogP contribution in [0.15, 0.2) is 24.3 Å². The first kappa shape index (κ1) is 23.2. The van der Waals surface area contributed by atoms with Crippen LogP contribution in [0.4, 0.5) is 0 Å². The summed E-state index contributed by atoms with van der Waals surface area (Å²) in [5.41, 5.74) is 0.545. The van der Waals surface area contributed by atoms with Gasteiger partial charge in [-0.25, -0.2) is 13.2 Å². The molecule has 0 aliphatic rings. The molecule has 1 unspecified atom stereocenters. The lowest BCUT2D eigenvalue weighted by molar-refractivity contribution is -0.141. The molecule has 154 valence electrons. The molecule has 0 saturated heterocycles. The van der Waals surface area contributed by atoms with E-state index in [0.717, 1.165) is 6.08 Å². The molecule has 0 aliphatic carbocycles. The predicted octanol–water partition coefficient (Wildman–Crippen LogP) is 1.03. The second-order valence-electron chi connectivity index (χ2n) is 5.76. The zero-order valence-electron chi connectivity index (χ0n) is 15.8. The van der Waals surface area contributed by atoms with E-state index in [9.17, 15) is 22.8 Å². The number of amides is 1. The van der Waals surface area contributed by atoms with Gasteiger partial charge in [0.05, 0.1) is 12.9 Å². The molecule has 2 N–H and O–H groups in total. The molecule has 10 heteroatoms. The molecule has 1 amide bonds. The van der Waals surface area contributed by atoms with Gasteiger partial charge in [0, 0.05) is 18.8 Å². The minimum absolute atomic E-state index is 0.0989. The molecule has 1 atom stereocenters. The fraction of sp³-hybridized carbons (Fsp3) is 0.389. The molecule has 0 aromatic heterocycles. The van der Waals surface area contributed by atoms with Gasteiger partial charge in [0.1, 0.15) is 15.9 Å². The number of sulfone groups is 1. The minimum atomic E-state index is -3.34. The van der Waals surface area contributed by atoms with E-state index in [1.165, 1.54) is 39.2 Å². The number of hydrogen-bond acceptors (Lipinski definition) is 7. The van der Waals surface area contributed by atoms with Crippen molar-refractivity contribution in [3.05, 3.63) is 29.8 Å². The number of carbonyl (C=O) groups is 3. The Morgan fingerprint density at radius 3 is 2.46 bits per heavy atom. The van der Waals surface area contributed by atoms with E-state index in [-0.39, 0.29) is 29.4 Å². The van der Waals surface area contributed by atoms with E-state index < -0.39 is 33.7 Å². The van der Waals surface area contributed by atoms with Crippen molar-refractivity contribution in [2.24, 2.45) is 0 Å². The number of carbonyl (C=O) groups excluding carboxylic acids is 2. The van der Waals surface area contributed by atoms with E-state index >= 15 is 0 Å². The Labute approximate surface area is 163 Å². The molecule has 0 bridgehead atoms. The van der Waals surface area contributed by atoms with Gasteiger partial charge in [-0.1, -0.05) is 13.0 Å². The highest BCUT2D eigenvalue weighted by atomic mass is 32.2. The maximum atomic E-state index is 12.0. The third-order valence-electron chi connectivity index (χ3n) is 3.64. The average molecular weight is 413 g/mol. The molecule has 0 spiro atoms. The van der Waals surface area contributed by atoms with Gasteiger partial charge in [-0.05, 0) is 30.2 Å². The summed E-state index contributed by atoms with van der Waals surface area (Å²) in [4.78, 5) is 34.3. The Morgan fingerprint density at radius 2 is 1.93 bits per heavy atom. The first-order valence-electron chi connectivity index (χ1n) is 8.36. The van der Waals surface area contributed by atoms with Crippen molar-refractivity contribution in [1.29, 1.82) is 0 Å². The van der Waals surface area contributed by atoms with E-state index in [1.54, 1.807) is 6.07 Å². The van der Waals surface area contributed by atoms with Gasteiger partial charge < -0.3 is 19.9 Å². The highest BCUT2D eigenvalue weighted by molar-refractivity contribution is 7.91. The van der Waals surface area contributed by atoms with Crippen molar-refractivity contribution in [1.82, 2.24) is 5.32 Å². The number of ether oxygens (including phenoxy) is 2. The van der Waals surface area contributed by atoms with Crippen LogP contribution in [0.3, 0.4) is 0 Å². The summed E-state index contributed by atoms with van der Waals surface area (Å²) in [6.07, 6.45) is 2.30. The lowest BCUT2D eigenvalue weighted by atomic mass is 10.1. The molecule has 1 aromatic carbocycles. The summed E-state index contributed by atoms with van der Waals surface area (Å²) in [7, 11) is -1.95. The molecule has 1 rings (SSSR count). The quantitative estimate of drug-likeness (QED) is 0.330. The predicted molar refractivity (Wildman–Crippen MR) is 102 cm³/mol. The van der Waals surface area contributed by atoms with Crippen molar-refractivity contribution in [2.45, 2.75) is 26.3 Å². The van der Waals surface area contributed by atoms with Crippen LogP contribution in [-0.4, -0.2) is 56.0 Å². The molecule has 0 heterocycles. The highest BCUT2D eigenvalue weighted by Gasteiger charge is 2.21. The number of aliphatic carboxylic acids is 1. The minimum Gasteiger partial charge on any atom is -0.493 e. The summed E-state index contributed by atoms with van der Waals surface area (Å²) in [5, 5.41) is 11.4. The number of benzene rings is 1. The third kappa shape index (κ3) is 7.78. The SMILES string of the molecule is CCS(=O)(=O)CCC(NC(=O)/C=C/c1ccc(OC(C)=O)c(OC)c1)C(=O)O. The number of carboxylic acids is 1. The van der Waals surface area contributed by atoms with Gasteiger partial charge in [-0.3, -0.25) is 9.59 Å². The lowest BCUT2D eigenvalue weighted by Crippen LogP contribution is -2.41. The second-order valence-corrected chi connectivity index (χ2v) is 8.23. The van der Waals surface area contributed by atoms with Crippen LogP contribution in [-0.2, 0) is 24.2 Å². The van der Waals surface area contributed by atoms with E-state index in [2.05, 4.69) is 5.32 Å². The zero-order chi connectivity index (χ0) is 21.3. The van der Waals surface area contributed by atoms with Crippen LogP contribution in [0, 0.1) is 0 Å². The maximum Gasteiger partial charge on any atom is 0.326 e.